The first-order chi connectivity index (χ1) is 5.34. The maximum atomic E-state index is 11.1. The second kappa shape index (κ2) is 3.81. The molecule has 11 heavy (non-hydrogen) atoms. The Hall–Kier alpha value is -1.24. The van der Waals surface area contributed by atoms with E-state index in [1.165, 1.54) is 0 Å². The largest absolute Gasteiger partial charge is 0.290 e. The molecule has 1 aromatic carbocycles. The Labute approximate surface area is 67.0 Å². The highest BCUT2D eigenvalue weighted by atomic mass is 16.3. The Balaban J connectivity index is 2.69. The quantitative estimate of drug-likeness (QED) is 0.586. The van der Waals surface area contributed by atoms with Gasteiger partial charge in [-0.1, -0.05) is 24.3 Å². The van der Waals surface area contributed by atoms with E-state index in [0.29, 0.717) is 0 Å². The maximum absolute atomic E-state index is 11.1. The minimum Gasteiger partial charge on any atom is -0.290 e. The van der Waals surface area contributed by atoms with Crippen LogP contribution in [-0.2, 0) is 11.5 Å². The van der Waals surface area contributed by atoms with Gasteiger partial charge in [-0.3, -0.25) is 5.11 Å². The average molecular weight is 147 g/mol. The van der Waals surface area contributed by atoms with Crippen LogP contribution in [0.5, 0.6) is 5.75 Å². The van der Waals surface area contributed by atoms with Crippen molar-refractivity contribution in [2.75, 3.05) is 0 Å². The lowest BCUT2D eigenvalue weighted by Gasteiger charge is -1.97. The molecule has 0 saturated carbocycles. The first-order valence-electron chi connectivity index (χ1n) is 3.70. The van der Waals surface area contributed by atoms with Crippen molar-refractivity contribution in [2.24, 2.45) is 0 Å². The summed E-state index contributed by atoms with van der Waals surface area (Å²) < 4.78 is 0. The fourth-order valence-electron chi connectivity index (χ4n) is 0.968. The van der Waals surface area contributed by atoms with Crippen LogP contribution in [0.25, 0.3) is 0 Å². The second-order valence-corrected chi connectivity index (χ2v) is 2.44. The molecule has 0 amide bonds. The third-order valence-corrected chi connectivity index (χ3v) is 1.59. The van der Waals surface area contributed by atoms with E-state index in [4.69, 9.17) is 0 Å². The fraction of sp³-hybridized carbons (Fsp3) is 0.200. The van der Waals surface area contributed by atoms with E-state index in [-0.39, 0.29) is 5.75 Å². The standard InChI is InChI=1S/C10H11O/c1-2-3-6-9-7-4-5-8-10(9)11/h2,4-5,7-8H,1,3,6H2. The van der Waals surface area contributed by atoms with Gasteiger partial charge in [0.15, 0.2) is 5.75 Å². The molecule has 1 aromatic rings. The minimum absolute atomic E-state index is 0.134. The first-order valence-corrected chi connectivity index (χ1v) is 3.70. The number of hydrogen-bond donors (Lipinski definition) is 0. The molecule has 0 aromatic heterocycles. The zero-order valence-electron chi connectivity index (χ0n) is 6.42. The third-order valence-electron chi connectivity index (χ3n) is 1.59. The summed E-state index contributed by atoms with van der Waals surface area (Å²) in [6.07, 6.45) is 3.51. The lowest BCUT2D eigenvalue weighted by molar-refractivity contribution is 0.350. The van der Waals surface area contributed by atoms with Crippen molar-refractivity contribution >= 4 is 0 Å². The molecule has 0 unspecified atom stereocenters. The molecule has 0 bridgehead atoms. The van der Waals surface area contributed by atoms with Gasteiger partial charge in [-0.2, -0.15) is 0 Å². The topological polar surface area (TPSA) is 19.9 Å². The average Bonchev–Trinajstić information content (AvgIpc) is 2.03. The molecule has 57 valence electrons. The molecule has 1 nitrogen and oxygen atoms in total. The van der Waals surface area contributed by atoms with Crippen LogP contribution in [0.4, 0.5) is 0 Å². The molecule has 1 radical (unpaired) electrons. The summed E-state index contributed by atoms with van der Waals surface area (Å²) in [6, 6.07) is 7.11. The van der Waals surface area contributed by atoms with Crippen molar-refractivity contribution in [1.29, 1.82) is 0 Å². The van der Waals surface area contributed by atoms with Gasteiger partial charge in [-0.25, -0.2) is 0 Å². The highest BCUT2D eigenvalue weighted by Gasteiger charge is 1.98. The number of para-hydroxylation sites is 1. The molecule has 1 rings (SSSR count). The van der Waals surface area contributed by atoms with E-state index in [1.807, 2.05) is 18.2 Å². The van der Waals surface area contributed by atoms with E-state index < -0.39 is 0 Å². The summed E-state index contributed by atoms with van der Waals surface area (Å²) in [6.45, 7) is 3.60. The molecule has 0 fully saturated rings. The van der Waals surface area contributed by atoms with Gasteiger partial charge in [0.1, 0.15) is 0 Å². The van der Waals surface area contributed by atoms with E-state index in [1.54, 1.807) is 12.1 Å². The van der Waals surface area contributed by atoms with Crippen molar-refractivity contribution in [1.82, 2.24) is 0 Å². The van der Waals surface area contributed by atoms with Crippen molar-refractivity contribution in [3.05, 3.63) is 42.5 Å². The van der Waals surface area contributed by atoms with E-state index in [9.17, 15) is 5.11 Å². The number of allylic oxidation sites excluding steroid dienone is 1. The predicted octanol–water partition coefficient (Wildman–Crippen LogP) is 2.95. The Morgan fingerprint density at radius 1 is 1.36 bits per heavy atom. The molecule has 0 saturated heterocycles. The summed E-state index contributed by atoms with van der Waals surface area (Å²) in [7, 11) is 0. The van der Waals surface area contributed by atoms with Crippen LogP contribution in [0.15, 0.2) is 36.9 Å². The normalized spacial score (nSPS) is 9.45. The Bertz CT molecular complexity index is 240. The van der Waals surface area contributed by atoms with Crippen LogP contribution in [0.2, 0.25) is 0 Å². The number of rotatable bonds is 3. The molecular weight excluding hydrogens is 136 g/mol. The van der Waals surface area contributed by atoms with Crippen LogP contribution in [-0.4, -0.2) is 0 Å². The minimum atomic E-state index is 0.134. The summed E-state index contributed by atoms with van der Waals surface area (Å²) in [5.74, 6) is 0.134. The summed E-state index contributed by atoms with van der Waals surface area (Å²) in [5.41, 5.74) is 0.882. The third kappa shape index (κ3) is 2.11. The fourth-order valence-corrected chi connectivity index (χ4v) is 0.968. The molecule has 0 heterocycles. The van der Waals surface area contributed by atoms with Crippen LogP contribution in [0.1, 0.15) is 12.0 Å². The van der Waals surface area contributed by atoms with Gasteiger partial charge in [0.05, 0.1) is 0 Å². The van der Waals surface area contributed by atoms with Crippen molar-refractivity contribution < 1.29 is 5.11 Å². The zero-order valence-corrected chi connectivity index (χ0v) is 6.42. The Morgan fingerprint density at radius 3 is 2.73 bits per heavy atom. The smallest absolute Gasteiger partial charge is 0.181 e. The number of benzene rings is 1. The lowest BCUT2D eigenvalue weighted by Crippen LogP contribution is -1.81. The molecule has 0 aliphatic carbocycles. The van der Waals surface area contributed by atoms with Crippen molar-refractivity contribution in [3.63, 3.8) is 0 Å². The molecule has 0 spiro atoms. The Morgan fingerprint density at radius 2 is 2.09 bits per heavy atom. The summed E-state index contributed by atoms with van der Waals surface area (Å²) in [4.78, 5) is 0. The van der Waals surface area contributed by atoms with Crippen LogP contribution < -0.4 is 0 Å². The zero-order chi connectivity index (χ0) is 8.10. The SMILES string of the molecule is C=CCCc1ccccc1[O]. The van der Waals surface area contributed by atoms with Gasteiger partial charge >= 0.3 is 0 Å². The molecule has 0 atom stereocenters. The lowest BCUT2D eigenvalue weighted by atomic mass is 10.1. The van der Waals surface area contributed by atoms with E-state index >= 15 is 0 Å². The summed E-state index contributed by atoms with van der Waals surface area (Å²) >= 11 is 0. The van der Waals surface area contributed by atoms with Crippen molar-refractivity contribution in [2.45, 2.75) is 12.8 Å². The maximum Gasteiger partial charge on any atom is 0.181 e. The van der Waals surface area contributed by atoms with E-state index in [0.717, 1.165) is 18.4 Å². The molecule has 1 heteroatoms. The Kier molecular flexibility index (Phi) is 2.73. The van der Waals surface area contributed by atoms with Gasteiger partial charge in [0.2, 0.25) is 0 Å². The molecule has 0 N–H and O–H groups in total. The van der Waals surface area contributed by atoms with Crippen LogP contribution in [0, 0.1) is 0 Å². The second-order valence-electron chi connectivity index (χ2n) is 2.44. The van der Waals surface area contributed by atoms with Gasteiger partial charge in [-0.15, -0.1) is 6.58 Å². The van der Waals surface area contributed by atoms with Crippen LogP contribution in [0.3, 0.4) is 0 Å². The number of hydrogen-bond acceptors (Lipinski definition) is 0. The highest BCUT2D eigenvalue weighted by Crippen LogP contribution is 2.17. The van der Waals surface area contributed by atoms with Gasteiger partial charge in [-0.05, 0) is 24.5 Å². The molecule has 0 aliphatic rings. The molecule has 0 aliphatic heterocycles. The summed E-state index contributed by atoms with van der Waals surface area (Å²) in [5, 5.41) is 11.1. The predicted molar refractivity (Wildman–Crippen MR) is 45.1 cm³/mol. The highest BCUT2D eigenvalue weighted by molar-refractivity contribution is 5.31. The van der Waals surface area contributed by atoms with Crippen LogP contribution >= 0.6 is 0 Å². The van der Waals surface area contributed by atoms with Gasteiger partial charge in [0, 0.05) is 0 Å². The number of aryl methyl sites for hydroxylation is 1. The first kappa shape index (κ1) is 7.86. The van der Waals surface area contributed by atoms with Gasteiger partial charge in [0.25, 0.3) is 0 Å². The molecular formula is C10H11O. The van der Waals surface area contributed by atoms with Crippen molar-refractivity contribution in [3.8, 4) is 5.75 Å². The van der Waals surface area contributed by atoms with Gasteiger partial charge < -0.3 is 0 Å². The monoisotopic (exact) mass is 147 g/mol. The van der Waals surface area contributed by atoms with E-state index in [2.05, 4.69) is 6.58 Å².